The highest BCUT2D eigenvalue weighted by atomic mass is 32.2. The summed E-state index contributed by atoms with van der Waals surface area (Å²) < 4.78 is 22.6. The lowest BCUT2D eigenvalue weighted by atomic mass is 9.99. The highest BCUT2D eigenvalue weighted by molar-refractivity contribution is 8.00. The second kappa shape index (κ2) is 10.4. The van der Waals surface area contributed by atoms with Crippen molar-refractivity contribution in [2.75, 3.05) is 5.32 Å². The Hall–Kier alpha value is -2.20. The summed E-state index contributed by atoms with van der Waals surface area (Å²) in [6, 6.07) is -0.459. The summed E-state index contributed by atoms with van der Waals surface area (Å²) in [6.07, 6.45) is 8.64. The van der Waals surface area contributed by atoms with Crippen LogP contribution in [-0.2, 0) is 19.3 Å². The molecule has 1 aromatic heterocycles. The minimum Gasteiger partial charge on any atom is -0.392 e. The molecule has 2 aliphatic carbocycles. The van der Waals surface area contributed by atoms with Crippen molar-refractivity contribution in [1.29, 1.82) is 0 Å². The number of carbonyl (C=O) groups is 1. The molecule has 0 spiro atoms. The molecule has 0 radical (unpaired) electrons. The second-order valence-corrected chi connectivity index (χ2v) is 7.21. The van der Waals surface area contributed by atoms with Gasteiger partial charge in [0, 0.05) is 23.2 Å². The Kier molecular flexibility index (Phi) is 8.18. The minimum atomic E-state index is -2.69. The van der Waals surface area contributed by atoms with Crippen LogP contribution >= 0.6 is 11.9 Å². The molecule has 0 atom stereocenters. The summed E-state index contributed by atoms with van der Waals surface area (Å²) in [4.78, 5) is 18.8. The topological polar surface area (TPSA) is 132 Å². The number of aliphatic imine (C=N–C) groups is 1. The van der Waals surface area contributed by atoms with Crippen LogP contribution in [0.1, 0.15) is 54.6 Å². The van der Waals surface area contributed by atoms with Crippen LogP contribution in [0.15, 0.2) is 16.1 Å². The molecule has 1 saturated carbocycles. The molecular weight excluding hydrogens is 386 g/mol. The highest BCUT2D eigenvalue weighted by Gasteiger charge is 2.32. The maximum Gasteiger partial charge on any atom is 0.331 e. The van der Waals surface area contributed by atoms with E-state index in [1.54, 1.807) is 0 Å². The van der Waals surface area contributed by atoms with Crippen LogP contribution < -0.4 is 21.9 Å². The molecule has 154 valence electrons. The number of urea groups is 1. The van der Waals surface area contributed by atoms with Gasteiger partial charge in [-0.05, 0) is 68.0 Å². The number of allylic oxidation sites excluding steroid dienone is 1. The normalized spacial score (nSPS) is 16.1. The molecule has 0 aromatic carbocycles. The van der Waals surface area contributed by atoms with Crippen molar-refractivity contribution >= 4 is 29.9 Å². The number of pyridine rings is 1. The Morgan fingerprint density at radius 3 is 2.64 bits per heavy atom. The number of carbonyl (C=O) groups excluding carboxylic acids is 1. The molecule has 7 N–H and O–H groups in total. The molecule has 1 fully saturated rings. The average molecular weight is 413 g/mol. The van der Waals surface area contributed by atoms with Gasteiger partial charge in [0.2, 0.25) is 0 Å². The fraction of sp³-hybridized carbons (Fsp3) is 0.500. The van der Waals surface area contributed by atoms with E-state index in [-0.39, 0.29) is 5.03 Å². The van der Waals surface area contributed by atoms with E-state index in [2.05, 4.69) is 17.2 Å². The summed E-state index contributed by atoms with van der Waals surface area (Å²) in [6.45, 7) is -0.560. The first-order valence-corrected chi connectivity index (χ1v) is 10.00. The fourth-order valence-electron chi connectivity index (χ4n) is 3.22. The Balaban J connectivity index is 0.000000242. The van der Waals surface area contributed by atoms with Crippen molar-refractivity contribution in [3.8, 4) is 0 Å². The van der Waals surface area contributed by atoms with Gasteiger partial charge in [-0.3, -0.25) is 10.1 Å². The molecule has 3 rings (SSSR count). The van der Waals surface area contributed by atoms with Crippen molar-refractivity contribution in [2.24, 2.45) is 21.6 Å². The average Bonchev–Trinajstić information content (AvgIpc) is 3.37. The van der Waals surface area contributed by atoms with Gasteiger partial charge in [-0.2, -0.15) is 8.78 Å². The van der Waals surface area contributed by atoms with Crippen LogP contribution in [0.2, 0.25) is 0 Å². The maximum atomic E-state index is 11.3. The zero-order valence-electron chi connectivity index (χ0n) is 15.8. The van der Waals surface area contributed by atoms with Gasteiger partial charge in [-0.25, -0.2) is 9.79 Å². The molecule has 0 saturated heterocycles. The third-order valence-electron chi connectivity index (χ3n) is 4.48. The lowest BCUT2D eigenvalue weighted by molar-refractivity contribution is 0.161. The number of halogens is 2. The first-order chi connectivity index (χ1) is 13.4. The number of hydrogen-bond acceptors (Lipinski definition) is 6. The molecule has 10 heteroatoms. The molecule has 28 heavy (non-hydrogen) atoms. The van der Waals surface area contributed by atoms with Gasteiger partial charge in [0.15, 0.2) is 0 Å². The van der Waals surface area contributed by atoms with Crippen LogP contribution in [0.4, 0.5) is 19.3 Å². The SMILES string of the molecule is CCc1nc2c(c(NC(N)=O)c1C1CC1)CCC2.NS/C(N)=C/C=N/C(F)F. The molecule has 2 aliphatic rings. The van der Waals surface area contributed by atoms with Gasteiger partial charge in [0.1, 0.15) is 0 Å². The summed E-state index contributed by atoms with van der Waals surface area (Å²) in [5.74, 6) is 0.584. The summed E-state index contributed by atoms with van der Waals surface area (Å²) in [5, 5.41) is 8.07. The standard InChI is InChI=1S/C14H19N3O.C4H7F2N3S/c1-2-10-12(8-6-7-8)13(17-14(15)18)9-4-3-5-11(9)16-10;5-4(6)9-2-1-3(7)10-8/h8H,2-7H2,1H3,(H3,15,16,17,18);1-2,4H,7-8H2/b;3-1+,9-2+. The van der Waals surface area contributed by atoms with E-state index in [0.29, 0.717) is 5.92 Å². The summed E-state index contributed by atoms with van der Waals surface area (Å²) >= 11 is 0.779. The number of nitrogens with zero attached hydrogens (tertiary/aromatic N) is 2. The number of nitrogens with two attached hydrogens (primary N) is 3. The van der Waals surface area contributed by atoms with Gasteiger partial charge in [0.25, 0.3) is 0 Å². The van der Waals surface area contributed by atoms with Crippen LogP contribution in [0.5, 0.6) is 0 Å². The van der Waals surface area contributed by atoms with Crippen molar-refractivity contribution in [3.63, 3.8) is 0 Å². The predicted octanol–water partition coefficient (Wildman–Crippen LogP) is 3.19. The van der Waals surface area contributed by atoms with Crippen molar-refractivity contribution in [1.82, 2.24) is 4.98 Å². The molecule has 1 heterocycles. The van der Waals surface area contributed by atoms with Crippen LogP contribution in [0.3, 0.4) is 0 Å². The fourth-order valence-corrected chi connectivity index (χ4v) is 3.36. The number of anilines is 1. The third kappa shape index (κ3) is 6.16. The number of hydrogen-bond donors (Lipinski definition) is 4. The largest absolute Gasteiger partial charge is 0.392 e. The Morgan fingerprint density at radius 2 is 2.11 bits per heavy atom. The van der Waals surface area contributed by atoms with E-state index in [0.717, 1.165) is 55.2 Å². The number of aryl methyl sites for hydroxylation is 2. The lowest BCUT2D eigenvalue weighted by Gasteiger charge is -2.17. The molecule has 2 amide bonds. The third-order valence-corrected chi connectivity index (χ3v) is 4.89. The van der Waals surface area contributed by atoms with Gasteiger partial charge in [0.05, 0.1) is 10.7 Å². The summed E-state index contributed by atoms with van der Waals surface area (Å²) in [5.41, 5.74) is 16.3. The van der Waals surface area contributed by atoms with Crippen LogP contribution in [0.25, 0.3) is 0 Å². The Bertz CT molecular complexity index is 765. The zero-order valence-corrected chi connectivity index (χ0v) is 16.6. The summed E-state index contributed by atoms with van der Waals surface area (Å²) in [7, 11) is 0. The van der Waals surface area contributed by atoms with E-state index in [4.69, 9.17) is 21.6 Å². The number of fused-ring (bicyclic) bond motifs is 1. The van der Waals surface area contributed by atoms with E-state index in [1.165, 1.54) is 35.7 Å². The number of primary amides is 1. The molecule has 0 aliphatic heterocycles. The zero-order chi connectivity index (χ0) is 20.7. The van der Waals surface area contributed by atoms with E-state index in [1.807, 2.05) is 0 Å². The minimum absolute atomic E-state index is 0.240. The highest BCUT2D eigenvalue weighted by Crippen LogP contribution is 2.47. The monoisotopic (exact) mass is 412 g/mol. The lowest BCUT2D eigenvalue weighted by Crippen LogP contribution is -2.22. The number of alkyl halides is 2. The number of nitrogens with one attached hydrogen (secondary N) is 1. The Labute approximate surface area is 167 Å². The smallest absolute Gasteiger partial charge is 0.331 e. The molecular formula is C18H26F2N6OS. The van der Waals surface area contributed by atoms with Crippen LogP contribution in [0, 0.1) is 0 Å². The molecule has 7 nitrogen and oxygen atoms in total. The quantitative estimate of drug-likeness (QED) is 0.324. The predicted molar refractivity (Wildman–Crippen MR) is 109 cm³/mol. The van der Waals surface area contributed by atoms with E-state index in [9.17, 15) is 13.6 Å². The number of aromatic nitrogens is 1. The van der Waals surface area contributed by atoms with Gasteiger partial charge in [-0.1, -0.05) is 6.92 Å². The number of rotatable bonds is 6. The number of amides is 2. The van der Waals surface area contributed by atoms with Gasteiger partial charge in [-0.15, -0.1) is 0 Å². The molecule has 0 bridgehead atoms. The molecule has 1 aromatic rings. The second-order valence-electron chi connectivity index (χ2n) is 6.51. The van der Waals surface area contributed by atoms with E-state index < -0.39 is 12.6 Å². The van der Waals surface area contributed by atoms with Crippen LogP contribution in [-0.4, -0.2) is 23.8 Å². The van der Waals surface area contributed by atoms with Gasteiger partial charge < -0.3 is 16.8 Å². The first-order valence-electron chi connectivity index (χ1n) is 9.12. The van der Waals surface area contributed by atoms with Gasteiger partial charge >= 0.3 is 12.6 Å². The Morgan fingerprint density at radius 1 is 1.39 bits per heavy atom. The molecule has 0 unspecified atom stereocenters. The first kappa shape index (κ1) is 22.1. The van der Waals surface area contributed by atoms with Crippen molar-refractivity contribution < 1.29 is 13.6 Å². The van der Waals surface area contributed by atoms with Crippen molar-refractivity contribution in [3.05, 3.63) is 33.6 Å². The maximum absolute atomic E-state index is 11.3. The van der Waals surface area contributed by atoms with E-state index >= 15 is 0 Å². The van der Waals surface area contributed by atoms with Crippen molar-refractivity contribution in [2.45, 2.75) is 57.9 Å².